The Labute approximate surface area is 192 Å². The van der Waals surface area contributed by atoms with Crippen molar-refractivity contribution in [3.63, 3.8) is 0 Å². The first-order valence-electron chi connectivity index (χ1n) is 10.9. The summed E-state index contributed by atoms with van der Waals surface area (Å²) in [4.78, 5) is 27.7. The maximum atomic E-state index is 12.8. The number of hydrogen-bond donors (Lipinski definition) is 1. The van der Waals surface area contributed by atoms with Crippen molar-refractivity contribution in [3.8, 4) is 16.9 Å². The lowest BCUT2D eigenvalue weighted by Crippen LogP contribution is -2.34. The van der Waals surface area contributed by atoms with Gasteiger partial charge in [0.2, 0.25) is 0 Å². The highest BCUT2D eigenvalue weighted by Gasteiger charge is 2.31. The van der Waals surface area contributed by atoms with Crippen molar-refractivity contribution < 1.29 is 24.2 Å². The van der Waals surface area contributed by atoms with E-state index in [2.05, 4.69) is 10.00 Å². The summed E-state index contributed by atoms with van der Waals surface area (Å²) in [6.07, 6.45) is 1.91. The molecule has 8 heteroatoms. The molecule has 0 unspecified atom stereocenters. The zero-order chi connectivity index (χ0) is 23.4. The highest BCUT2D eigenvalue weighted by atomic mass is 16.5. The first-order valence-corrected chi connectivity index (χ1v) is 10.9. The number of piperidine rings is 1. The molecular formula is C25H27N3O5. The molecule has 0 aliphatic carbocycles. The fourth-order valence-electron chi connectivity index (χ4n) is 4.16. The van der Waals surface area contributed by atoms with Crippen LogP contribution in [0.4, 0.5) is 5.69 Å². The monoisotopic (exact) mass is 449 g/mol. The van der Waals surface area contributed by atoms with Crippen molar-refractivity contribution in [2.45, 2.75) is 12.8 Å². The summed E-state index contributed by atoms with van der Waals surface area (Å²) in [5.41, 5.74) is 2.79. The van der Waals surface area contributed by atoms with Gasteiger partial charge in [-0.3, -0.25) is 0 Å². The van der Waals surface area contributed by atoms with Gasteiger partial charge in [0.05, 0.1) is 19.9 Å². The summed E-state index contributed by atoms with van der Waals surface area (Å²) in [5, 5.41) is 14.0. The minimum absolute atomic E-state index is 0.0145. The molecule has 0 amide bonds. The van der Waals surface area contributed by atoms with Crippen LogP contribution in [0.1, 0.15) is 33.7 Å². The molecule has 1 N–H and O–H groups in total. The van der Waals surface area contributed by atoms with Gasteiger partial charge in [0.15, 0.2) is 5.69 Å². The number of para-hydroxylation sites is 1. The molecule has 0 radical (unpaired) electrons. The summed E-state index contributed by atoms with van der Waals surface area (Å²) in [6, 6.07) is 16.8. The molecule has 0 spiro atoms. The number of anilines is 1. The lowest BCUT2D eigenvalue weighted by atomic mass is 9.97. The number of aliphatic hydroxyl groups excluding tert-OH is 1. The van der Waals surface area contributed by atoms with E-state index in [9.17, 15) is 14.7 Å². The van der Waals surface area contributed by atoms with Crippen LogP contribution in [0.25, 0.3) is 16.9 Å². The average molecular weight is 450 g/mol. The van der Waals surface area contributed by atoms with Crippen molar-refractivity contribution >= 4 is 17.6 Å². The number of nitrogens with zero attached hydrogens (tertiary/aromatic N) is 3. The van der Waals surface area contributed by atoms with E-state index in [1.54, 1.807) is 12.1 Å². The Morgan fingerprint density at radius 2 is 1.58 bits per heavy atom. The zero-order valence-electron chi connectivity index (χ0n) is 18.7. The number of aliphatic hydroxyl groups is 1. The molecule has 33 heavy (non-hydrogen) atoms. The molecule has 0 atom stereocenters. The lowest BCUT2D eigenvalue weighted by molar-refractivity contribution is 0.0549. The van der Waals surface area contributed by atoms with E-state index in [1.165, 1.54) is 18.9 Å². The van der Waals surface area contributed by atoms with Crippen molar-refractivity contribution in [2.75, 3.05) is 38.8 Å². The maximum Gasteiger partial charge on any atom is 0.357 e. The number of esters is 2. The van der Waals surface area contributed by atoms with E-state index in [4.69, 9.17) is 9.47 Å². The molecule has 1 fully saturated rings. The second-order valence-corrected chi connectivity index (χ2v) is 7.96. The number of aromatic nitrogens is 2. The number of ether oxygens (including phenoxy) is 2. The molecule has 4 rings (SSSR count). The van der Waals surface area contributed by atoms with Crippen LogP contribution in [-0.4, -0.2) is 60.7 Å². The fourth-order valence-corrected chi connectivity index (χ4v) is 4.16. The summed E-state index contributed by atoms with van der Waals surface area (Å²) in [5.74, 6) is -0.981. The SMILES string of the molecule is COC(=O)c1c(-c2ccc(N3CCC(CO)CC3)cc2)nn(-c2ccccc2)c1C(=O)OC. The van der Waals surface area contributed by atoms with Crippen LogP contribution in [0.5, 0.6) is 0 Å². The predicted octanol–water partition coefficient (Wildman–Crippen LogP) is 3.32. The molecule has 0 bridgehead atoms. The summed E-state index contributed by atoms with van der Waals surface area (Å²) in [7, 11) is 2.53. The highest BCUT2D eigenvalue weighted by molar-refractivity contribution is 6.06. The van der Waals surface area contributed by atoms with Gasteiger partial charge in [-0.15, -0.1) is 0 Å². The molecule has 2 aromatic carbocycles. The van der Waals surface area contributed by atoms with Gasteiger partial charge in [-0.25, -0.2) is 14.3 Å². The van der Waals surface area contributed by atoms with Gasteiger partial charge < -0.3 is 19.5 Å². The second kappa shape index (κ2) is 9.87. The number of rotatable bonds is 6. The van der Waals surface area contributed by atoms with E-state index < -0.39 is 11.9 Å². The standard InChI is InChI=1S/C25H27N3O5/c1-32-24(30)21-22(26-28(23(21)25(31)33-2)20-6-4-3-5-7-20)18-8-10-19(11-9-18)27-14-12-17(16-29)13-15-27/h3-11,17,29H,12-16H2,1-2H3. The van der Waals surface area contributed by atoms with Crippen LogP contribution in [0.3, 0.4) is 0 Å². The first kappa shape index (κ1) is 22.5. The van der Waals surface area contributed by atoms with Gasteiger partial charge in [-0.05, 0) is 43.0 Å². The Kier molecular flexibility index (Phi) is 6.74. The quantitative estimate of drug-likeness (QED) is 0.577. The molecule has 1 aliphatic heterocycles. The first-order chi connectivity index (χ1) is 16.1. The van der Waals surface area contributed by atoms with E-state index in [1.807, 2.05) is 42.5 Å². The number of benzene rings is 2. The molecule has 0 saturated carbocycles. The number of carbonyl (C=O) groups excluding carboxylic acids is 2. The molecular weight excluding hydrogens is 422 g/mol. The fraction of sp³-hybridized carbons (Fsp3) is 0.320. The molecule has 3 aromatic rings. The van der Waals surface area contributed by atoms with E-state index >= 15 is 0 Å². The minimum Gasteiger partial charge on any atom is -0.465 e. The highest BCUT2D eigenvalue weighted by Crippen LogP contribution is 2.31. The van der Waals surface area contributed by atoms with Crippen molar-refractivity contribution in [1.82, 2.24) is 9.78 Å². The molecule has 2 heterocycles. The van der Waals surface area contributed by atoms with Crippen molar-refractivity contribution in [1.29, 1.82) is 0 Å². The Hall–Kier alpha value is -3.65. The van der Waals surface area contributed by atoms with E-state index in [-0.39, 0.29) is 17.9 Å². The third kappa shape index (κ3) is 4.47. The molecule has 1 aliphatic rings. The molecule has 8 nitrogen and oxygen atoms in total. The van der Waals surface area contributed by atoms with Gasteiger partial charge in [-0.2, -0.15) is 5.10 Å². The Bertz CT molecular complexity index is 1120. The second-order valence-electron chi connectivity index (χ2n) is 7.96. The van der Waals surface area contributed by atoms with Gasteiger partial charge in [0.25, 0.3) is 0 Å². The Morgan fingerprint density at radius 3 is 2.15 bits per heavy atom. The number of carbonyl (C=O) groups is 2. The van der Waals surface area contributed by atoms with Crippen molar-refractivity contribution in [2.24, 2.45) is 5.92 Å². The van der Waals surface area contributed by atoms with Crippen LogP contribution < -0.4 is 4.90 Å². The van der Waals surface area contributed by atoms with Crippen molar-refractivity contribution in [3.05, 3.63) is 65.9 Å². The topological polar surface area (TPSA) is 93.9 Å². The summed E-state index contributed by atoms with van der Waals surface area (Å²) in [6.45, 7) is 2.00. The van der Waals surface area contributed by atoms with Crippen LogP contribution in [0.15, 0.2) is 54.6 Å². The van der Waals surface area contributed by atoms with Crippen LogP contribution in [-0.2, 0) is 9.47 Å². The lowest BCUT2D eigenvalue weighted by Gasteiger charge is -2.32. The van der Waals surface area contributed by atoms with Crippen LogP contribution in [0.2, 0.25) is 0 Å². The Morgan fingerprint density at radius 1 is 0.939 bits per heavy atom. The molecule has 172 valence electrons. The van der Waals surface area contributed by atoms with Gasteiger partial charge in [-0.1, -0.05) is 30.3 Å². The van der Waals surface area contributed by atoms with E-state index in [0.29, 0.717) is 22.9 Å². The molecule has 1 aromatic heterocycles. The zero-order valence-corrected chi connectivity index (χ0v) is 18.7. The Balaban J connectivity index is 1.76. The largest absolute Gasteiger partial charge is 0.465 e. The predicted molar refractivity (Wildman–Crippen MR) is 124 cm³/mol. The van der Waals surface area contributed by atoms with E-state index in [0.717, 1.165) is 31.6 Å². The van der Waals surface area contributed by atoms with Crippen LogP contribution >= 0.6 is 0 Å². The number of hydrogen-bond acceptors (Lipinski definition) is 7. The summed E-state index contributed by atoms with van der Waals surface area (Å²) < 4.78 is 11.4. The average Bonchev–Trinajstić information content (AvgIpc) is 3.29. The minimum atomic E-state index is -0.679. The summed E-state index contributed by atoms with van der Waals surface area (Å²) >= 11 is 0. The smallest absolute Gasteiger partial charge is 0.357 e. The van der Waals surface area contributed by atoms with Gasteiger partial charge >= 0.3 is 11.9 Å². The molecule has 1 saturated heterocycles. The normalized spacial score (nSPS) is 14.2. The third-order valence-electron chi connectivity index (χ3n) is 6.03. The third-order valence-corrected chi connectivity index (χ3v) is 6.03. The van der Waals surface area contributed by atoms with Gasteiger partial charge in [0.1, 0.15) is 11.3 Å². The van der Waals surface area contributed by atoms with Crippen LogP contribution in [0, 0.1) is 5.92 Å². The maximum absolute atomic E-state index is 12.8. The number of methoxy groups -OCH3 is 2. The van der Waals surface area contributed by atoms with Gasteiger partial charge in [0, 0.05) is 30.9 Å².